The molecule has 7 heteroatoms. The van der Waals surface area contributed by atoms with Crippen molar-refractivity contribution < 1.29 is 19.4 Å². The van der Waals surface area contributed by atoms with Gasteiger partial charge >= 0.3 is 0 Å². The number of ether oxygens (including phenoxy) is 1. The third-order valence-corrected chi connectivity index (χ3v) is 6.97. The number of carbonyl (C=O) groups excluding carboxylic acids is 2. The maximum absolute atomic E-state index is 13.3. The van der Waals surface area contributed by atoms with Crippen LogP contribution in [-0.4, -0.2) is 23.9 Å². The zero-order valence-corrected chi connectivity index (χ0v) is 19.7. The highest BCUT2D eigenvalue weighted by molar-refractivity contribution is 7.10. The smallest absolute Gasteiger partial charge is 0.300 e. The van der Waals surface area contributed by atoms with E-state index in [1.54, 1.807) is 31.2 Å². The normalized spacial score (nSPS) is 17.8. The Hall–Kier alpha value is -3.09. The Morgan fingerprint density at radius 2 is 1.88 bits per heavy atom. The van der Waals surface area contributed by atoms with Gasteiger partial charge in [0.05, 0.1) is 18.2 Å². The second-order valence-electron chi connectivity index (χ2n) is 7.73. The first-order chi connectivity index (χ1) is 15.3. The molecule has 1 saturated heterocycles. The number of benzene rings is 2. The van der Waals surface area contributed by atoms with Gasteiger partial charge in [-0.3, -0.25) is 14.5 Å². The van der Waals surface area contributed by atoms with Crippen molar-refractivity contribution in [2.24, 2.45) is 0 Å². The summed E-state index contributed by atoms with van der Waals surface area (Å²) in [5, 5.41) is 13.8. The van der Waals surface area contributed by atoms with Gasteiger partial charge in [-0.2, -0.15) is 0 Å². The quantitative estimate of drug-likeness (QED) is 0.292. The second-order valence-corrected chi connectivity index (χ2v) is 9.12. The van der Waals surface area contributed by atoms with Crippen LogP contribution < -0.4 is 9.64 Å². The van der Waals surface area contributed by atoms with Crippen molar-refractivity contribution in [3.8, 4) is 5.75 Å². The van der Waals surface area contributed by atoms with Crippen molar-refractivity contribution in [1.82, 2.24) is 0 Å². The summed E-state index contributed by atoms with van der Waals surface area (Å²) >= 11 is 7.73. The van der Waals surface area contributed by atoms with Crippen LogP contribution in [-0.2, 0) is 9.59 Å². The van der Waals surface area contributed by atoms with Crippen LogP contribution in [0.3, 0.4) is 0 Å². The topological polar surface area (TPSA) is 66.8 Å². The maximum Gasteiger partial charge on any atom is 0.300 e. The first-order valence-electron chi connectivity index (χ1n) is 10.0. The number of amides is 1. The Labute approximate surface area is 195 Å². The molecule has 1 aromatic heterocycles. The average Bonchev–Trinajstić information content (AvgIpc) is 3.36. The maximum atomic E-state index is 13.3. The Balaban J connectivity index is 2.01. The van der Waals surface area contributed by atoms with Crippen LogP contribution >= 0.6 is 22.9 Å². The molecule has 1 amide bonds. The highest BCUT2D eigenvalue weighted by Gasteiger charge is 2.48. The molecule has 3 aromatic rings. The number of halogens is 1. The summed E-state index contributed by atoms with van der Waals surface area (Å²) in [5.74, 6) is -1.25. The van der Waals surface area contributed by atoms with E-state index in [-0.39, 0.29) is 11.3 Å². The lowest BCUT2D eigenvalue weighted by atomic mass is 9.96. The third kappa shape index (κ3) is 3.49. The molecular formula is C25H22ClNO4S. The summed E-state index contributed by atoms with van der Waals surface area (Å²) in [7, 11) is 1.51. The second kappa shape index (κ2) is 8.45. The average molecular weight is 468 g/mol. The molecule has 1 aliphatic heterocycles. The van der Waals surface area contributed by atoms with Gasteiger partial charge in [0.25, 0.3) is 11.7 Å². The number of anilines is 1. The Morgan fingerprint density at radius 3 is 2.53 bits per heavy atom. The third-order valence-electron chi connectivity index (χ3n) is 5.63. The number of aliphatic hydroxyl groups is 1. The molecule has 0 spiro atoms. The van der Waals surface area contributed by atoms with Gasteiger partial charge < -0.3 is 9.84 Å². The number of aliphatic hydroxyl groups excluding tert-OH is 1. The standard InChI is InChI=1S/C25H22ClNO4S/c1-13-11-14(2)24(31-4)16(12-13)22(28)20-21(19-9-6-10-32-19)27(25(30)23(20)29)18-8-5-7-17(26)15(18)3/h5-12,21,28H,1-4H3/b22-20-. The van der Waals surface area contributed by atoms with Gasteiger partial charge in [0, 0.05) is 15.6 Å². The Morgan fingerprint density at radius 1 is 1.12 bits per heavy atom. The van der Waals surface area contributed by atoms with Crippen LogP contribution in [0.1, 0.15) is 33.2 Å². The van der Waals surface area contributed by atoms with E-state index in [9.17, 15) is 14.7 Å². The van der Waals surface area contributed by atoms with Gasteiger partial charge in [-0.1, -0.05) is 29.8 Å². The van der Waals surface area contributed by atoms with Gasteiger partial charge in [-0.15, -0.1) is 11.3 Å². The molecule has 0 aliphatic carbocycles. The lowest BCUT2D eigenvalue weighted by Gasteiger charge is -2.26. The summed E-state index contributed by atoms with van der Waals surface area (Å²) in [6, 6.07) is 11.8. The Bertz CT molecular complexity index is 1260. The molecule has 2 aromatic carbocycles. The van der Waals surface area contributed by atoms with Crippen LogP contribution in [0.15, 0.2) is 53.4 Å². The van der Waals surface area contributed by atoms with Gasteiger partial charge in [0.1, 0.15) is 17.6 Å². The molecule has 0 radical (unpaired) electrons. The zero-order chi connectivity index (χ0) is 23.2. The Kier molecular flexibility index (Phi) is 5.84. The van der Waals surface area contributed by atoms with Crippen molar-refractivity contribution in [2.45, 2.75) is 26.8 Å². The fourth-order valence-electron chi connectivity index (χ4n) is 4.20. The van der Waals surface area contributed by atoms with Crippen molar-refractivity contribution in [3.05, 3.63) is 85.6 Å². The van der Waals surface area contributed by atoms with E-state index < -0.39 is 17.7 Å². The minimum Gasteiger partial charge on any atom is -0.507 e. The molecule has 2 heterocycles. The fourth-order valence-corrected chi connectivity index (χ4v) is 5.19. The predicted molar refractivity (Wildman–Crippen MR) is 128 cm³/mol. The highest BCUT2D eigenvalue weighted by Crippen LogP contribution is 2.46. The van der Waals surface area contributed by atoms with E-state index in [1.165, 1.54) is 23.3 Å². The number of ketones is 1. The number of thiophene rings is 1. The molecule has 1 unspecified atom stereocenters. The molecule has 4 rings (SSSR count). The lowest BCUT2D eigenvalue weighted by molar-refractivity contribution is -0.132. The van der Waals surface area contributed by atoms with Crippen LogP contribution in [0.25, 0.3) is 5.76 Å². The molecule has 1 atom stereocenters. The number of Topliss-reactive ketones (excluding diaryl/α,β-unsaturated/α-hetero) is 1. The number of hydrogen-bond acceptors (Lipinski definition) is 5. The zero-order valence-electron chi connectivity index (χ0n) is 18.1. The van der Waals surface area contributed by atoms with Crippen LogP contribution in [0.4, 0.5) is 5.69 Å². The molecule has 32 heavy (non-hydrogen) atoms. The number of rotatable bonds is 4. The minimum atomic E-state index is -0.780. The summed E-state index contributed by atoms with van der Waals surface area (Å²) in [5.41, 5.74) is 3.35. The number of nitrogens with zero attached hydrogens (tertiary/aromatic N) is 1. The summed E-state index contributed by atoms with van der Waals surface area (Å²) in [6.07, 6.45) is 0. The van der Waals surface area contributed by atoms with Crippen molar-refractivity contribution in [2.75, 3.05) is 12.0 Å². The highest BCUT2D eigenvalue weighted by atomic mass is 35.5. The van der Waals surface area contributed by atoms with Gasteiger partial charge in [-0.25, -0.2) is 0 Å². The summed E-state index contributed by atoms with van der Waals surface area (Å²) in [4.78, 5) is 28.8. The fraction of sp³-hybridized carbons (Fsp3) is 0.200. The van der Waals surface area contributed by atoms with E-state index in [2.05, 4.69) is 0 Å². The molecule has 164 valence electrons. The van der Waals surface area contributed by atoms with E-state index in [0.717, 1.165) is 16.0 Å². The lowest BCUT2D eigenvalue weighted by Crippen LogP contribution is -2.29. The van der Waals surface area contributed by atoms with E-state index in [0.29, 0.717) is 27.6 Å². The van der Waals surface area contributed by atoms with E-state index in [4.69, 9.17) is 16.3 Å². The van der Waals surface area contributed by atoms with Crippen LogP contribution in [0.5, 0.6) is 5.75 Å². The molecule has 0 bridgehead atoms. The minimum absolute atomic E-state index is 0.0279. The first kappa shape index (κ1) is 22.1. The van der Waals surface area contributed by atoms with E-state index >= 15 is 0 Å². The molecule has 1 N–H and O–H groups in total. The summed E-state index contributed by atoms with van der Waals surface area (Å²) in [6.45, 7) is 5.57. The van der Waals surface area contributed by atoms with Crippen molar-refractivity contribution in [3.63, 3.8) is 0 Å². The number of aryl methyl sites for hydroxylation is 2. The SMILES string of the molecule is COc1c(C)cc(C)cc1/C(O)=C1/C(=O)C(=O)N(c2cccc(Cl)c2C)C1c1cccs1. The first-order valence-corrected chi connectivity index (χ1v) is 11.3. The number of hydrogen-bond donors (Lipinski definition) is 1. The molecule has 5 nitrogen and oxygen atoms in total. The largest absolute Gasteiger partial charge is 0.507 e. The molecule has 1 aliphatic rings. The number of methoxy groups -OCH3 is 1. The van der Waals surface area contributed by atoms with Crippen LogP contribution in [0.2, 0.25) is 5.02 Å². The summed E-state index contributed by atoms with van der Waals surface area (Å²) < 4.78 is 5.53. The van der Waals surface area contributed by atoms with Gasteiger partial charge in [-0.05, 0) is 67.1 Å². The molecule has 0 saturated carbocycles. The molecular weight excluding hydrogens is 446 g/mol. The van der Waals surface area contributed by atoms with Gasteiger partial charge in [0.15, 0.2) is 0 Å². The van der Waals surface area contributed by atoms with Crippen molar-refractivity contribution >= 4 is 46.1 Å². The van der Waals surface area contributed by atoms with Gasteiger partial charge in [0.2, 0.25) is 0 Å². The van der Waals surface area contributed by atoms with Crippen molar-refractivity contribution in [1.29, 1.82) is 0 Å². The monoisotopic (exact) mass is 467 g/mol. The number of carbonyl (C=O) groups is 2. The predicted octanol–water partition coefficient (Wildman–Crippen LogP) is 5.96. The van der Waals surface area contributed by atoms with E-state index in [1.807, 2.05) is 37.4 Å². The van der Waals surface area contributed by atoms with Crippen LogP contribution in [0, 0.1) is 20.8 Å². The molecule has 1 fully saturated rings.